The van der Waals surface area contributed by atoms with Crippen LogP contribution in [0.25, 0.3) is 0 Å². The lowest BCUT2D eigenvalue weighted by Gasteiger charge is -2.08. The molecule has 0 saturated carbocycles. The number of aliphatic imine (C=N–C) groups is 1. The van der Waals surface area contributed by atoms with Crippen LogP contribution in [0.3, 0.4) is 0 Å². The predicted octanol–water partition coefficient (Wildman–Crippen LogP) is 2.82. The van der Waals surface area contributed by atoms with Crippen molar-refractivity contribution in [2.75, 3.05) is 5.73 Å². The van der Waals surface area contributed by atoms with Crippen molar-refractivity contribution in [3.63, 3.8) is 0 Å². The van der Waals surface area contributed by atoms with Gasteiger partial charge in [0.1, 0.15) is 0 Å². The molecule has 0 spiro atoms. The van der Waals surface area contributed by atoms with Crippen LogP contribution in [0, 0.1) is 0 Å². The van der Waals surface area contributed by atoms with Gasteiger partial charge in [-0.3, -0.25) is 4.79 Å². The Labute approximate surface area is 100 Å². The lowest BCUT2D eigenvalue weighted by Crippen LogP contribution is -2.10. The fourth-order valence-corrected chi connectivity index (χ4v) is 1.69. The van der Waals surface area contributed by atoms with Crippen LogP contribution >= 0.6 is 0 Å². The molecule has 0 bridgehead atoms. The van der Waals surface area contributed by atoms with Gasteiger partial charge in [0, 0.05) is 5.69 Å². The minimum absolute atomic E-state index is 0.0845. The number of nitrogens with zero attached hydrogens (tertiary/aromatic N) is 1. The Morgan fingerprint density at radius 1 is 1.00 bits per heavy atom. The molecule has 1 aliphatic rings. The highest BCUT2D eigenvalue weighted by molar-refractivity contribution is 6.21. The Morgan fingerprint density at radius 3 is 2.06 bits per heavy atom. The van der Waals surface area contributed by atoms with Crippen molar-refractivity contribution in [2.24, 2.45) is 4.99 Å². The molecule has 0 saturated heterocycles. The number of hydrogen-bond donors (Lipinski definition) is 1. The summed E-state index contributed by atoms with van der Waals surface area (Å²) in [4.78, 5) is 16.0. The molecule has 1 aliphatic carbocycles. The molecule has 0 radical (unpaired) electrons. The summed E-state index contributed by atoms with van der Waals surface area (Å²) in [6.07, 6.45) is 3.59. The molecule has 2 rings (SSSR count). The van der Waals surface area contributed by atoms with Crippen LogP contribution in [-0.4, -0.2) is 11.5 Å². The van der Waals surface area contributed by atoms with Gasteiger partial charge in [-0.15, -0.1) is 0 Å². The second-order valence-electron chi connectivity index (χ2n) is 4.11. The first kappa shape index (κ1) is 11.3. The van der Waals surface area contributed by atoms with Gasteiger partial charge >= 0.3 is 0 Å². The zero-order chi connectivity index (χ0) is 12.4. The van der Waals surface area contributed by atoms with Gasteiger partial charge in [-0.25, -0.2) is 4.99 Å². The van der Waals surface area contributed by atoms with Crippen molar-refractivity contribution in [1.82, 2.24) is 0 Å². The number of allylic oxidation sites excluding steroid dienone is 4. The number of anilines is 1. The van der Waals surface area contributed by atoms with Crippen molar-refractivity contribution < 1.29 is 4.79 Å². The normalized spacial score (nSPS) is 15.4. The Morgan fingerprint density at radius 2 is 1.53 bits per heavy atom. The third-order valence-corrected chi connectivity index (χ3v) is 2.60. The molecule has 0 unspecified atom stereocenters. The molecule has 3 nitrogen and oxygen atoms in total. The zero-order valence-electron chi connectivity index (χ0n) is 9.90. The van der Waals surface area contributed by atoms with Crippen LogP contribution in [-0.2, 0) is 4.79 Å². The van der Waals surface area contributed by atoms with E-state index >= 15 is 0 Å². The minimum atomic E-state index is 0.0845. The molecule has 0 aromatic heterocycles. The maximum absolute atomic E-state index is 11.6. The number of carbonyl (C=O) groups is 1. The van der Waals surface area contributed by atoms with Crippen LogP contribution in [0.1, 0.15) is 13.8 Å². The van der Waals surface area contributed by atoms with Crippen molar-refractivity contribution >= 4 is 22.9 Å². The summed E-state index contributed by atoms with van der Waals surface area (Å²) in [7, 11) is 0. The fraction of sp³-hybridized carbons (Fsp3) is 0.143. The fourth-order valence-electron chi connectivity index (χ4n) is 1.69. The molecule has 0 fully saturated rings. The minimum Gasteiger partial charge on any atom is -0.399 e. The molecule has 1 aromatic carbocycles. The van der Waals surface area contributed by atoms with Crippen molar-refractivity contribution in [2.45, 2.75) is 13.8 Å². The van der Waals surface area contributed by atoms with E-state index in [9.17, 15) is 4.79 Å². The first-order valence-electron chi connectivity index (χ1n) is 5.42. The molecule has 3 heteroatoms. The standard InChI is InChI=1S/C14H14N2O/c1-9-7-13(8-10(2)14(9)17)16-12-5-3-11(15)4-6-12/h3-8H,15H2,1-2H3. The summed E-state index contributed by atoms with van der Waals surface area (Å²) >= 11 is 0. The molecule has 2 N–H and O–H groups in total. The average molecular weight is 226 g/mol. The SMILES string of the molecule is CC1=CC(=Nc2ccc(N)cc2)C=C(C)C1=O. The number of benzene rings is 1. The summed E-state index contributed by atoms with van der Waals surface area (Å²) in [6, 6.07) is 7.32. The third-order valence-electron chi connectivity index (χ3n) is 2.60. The van der Waals surface area contributed by atoms with E-state index in [0.717, 1.165) is 22.5 Å². The first-order valence-corrected chi connectivity index (χ1v) is 5.42. The van der Waals surface area contributed by atoms with Crippen molar-refractivity contribution in [1.29, 1.82) is 0 Å². The van der Waals surface area contributed by atoms with Gasteiger partial charge in [-0.2, -0.15) is 0 Å². The van der Waals surface area contributed by atoms with Gasteiger partial charge in [0.2, 0.25) is 0 Å². The molecule has 0 aliphatic heterocycles. The summed E-state index contributed by atoms with van der Waals surface area (Å²) in [5, 5.41) is 0. The van der Waals surface area contributed by atoms with Crippen LogP contribution < -0.4 is 5.73 Å². The summed E-state index contributed by atoms with van der Waals surface area (Å²) in [6.45, 7) is 3.61. The number of ketones is 1. The van der Waals surface area contributed by atoms with Crippen LogP contribution in [0.4, 0.5) is 11.4 Å². The van der Waals surface area contributed by atoms with Crippen molar-refractivity contribution in [3.8, 4) is 0 Å². The quantitative estimate of drug-likeness (QED) is 0.591. The average Bonchev–Trinajstić information content (AvgIpc) is 2.29. The van der Waals surface area contributed by atoms with Crippen LogP contribution in [0.5, 0.6) is 0 Å². The van der Waals surface area contributed by atoms with Crippen molar-refractivity contribution in [3.05, 3.63) is 47.6 Å². The third kappa shape index (κ3) is 2.50. The highest BCUT2D eigenvalue weighted by atomic mass is 16.1. The number of nitrogens with two attached hydrogens (primary N) is 1. The second kappa shape index (κ2) is 4.37. The molecular formula is C14H14N2O. The highest BCUT2D eigenvalue weighted by Gasteiger charge is 2.13. The van der Waals surface area contributed by atoms with E-state index in [-0.39, 0.29) is 5.78 Å². The van der Waals surface area contributed by atoms with Gasteiger partial charge in [0.05, 0.1) is 11.4 Å². The molecule has 0 atom stereocenters. The van der Waals surface area contributed by atoms with E-state index < -0.39 is 0 Å². The van der Waals surface area contributed by atoms with Gasteiger partial charge in [-0.1, -0.05) is 0 Å². The Hall–Kier alpha value is -2.16. The van der Waals surface area contributed by atoms with Gasteiger partial charge in [0.15, 0.2) is 5.78 Å². The van der Waals surface area contributed by atoms with Crippen LogP contribution in [0.15, 0.2) is 52.6 Å². The van der Waals surface area contributed by atoms with E-state index in [1.54, 1.807) is 38.1 Å². The van der Waals surface area contributed by atoms with Gasteiger partial charge in [0.25, 0.3) is 0 Å². The van der Waals surface area contributed by atoms with E-state index in [4.69, 9.17) is 5.73 Å². The number of carbonyl (C=O) groups excluding carboxylic acids is 1. The summed E-state index contributed by atoms with van der Waals surface area (Å²) < 4.78 is 0. The first-order chi connectivity index (χ1) is 8.06. The van der Waals surface area contributed by atoms with Gasteiger partial charge < -0.3 is 5.73 Å². The summed E-state index contributed by atoms with van der Waals surface area (Å²) in [5.41, 5.74) is 9.39. The maximum Gasteiger partial charge on any atom is 0.184 e. The Kier molecular flexibility index (Phi) is 2.91. The smallest absolute Gasteiger partial charge is 0.184 e. The number of Topliss-reactive ketones (excluding diaryl/α,β-unsaturated/α-hetero) is 1. The Balaban J connectivity index is 2.35. The Bertz CT molecular complexity index is 524. The molecule has 0 heterocycles. The molecule has 17 heavy (non-hydrogen) atoms. The molecule has 0 amide bonds. The van der Waals surface area contributed by atoms with E-state index in [1.807, 2.05) is 12.1 Å². The lowest BCUT2D eigenvalue weighted by molar-refractivity contribution is -0.112. The van der Waals surface area contributed by atoms with Crippen LogP contribution in [0.2, 0.25) is 0 Å². The number of nitrogen functional groups attached to an aromatic ring is 1. The maximum atomic E-state index is 11.6. The zero-order valence-corrected chi connectivity index (χ0v) is 9.90. The number of hydrogen-bond acceptors (Lipinski definition) is 3. The van der Waals surface area contributed by atoms with E-state index in [1.165, 1.54) is 0 Å². The largest absolute Gasteiger partial charge is 0.399 e. The highest BCUT2D eigenvalue weighted by Crippen LogP contribution is 2.18. The molecule has 1 aromatic rings. The van der Waals surface area contributed by atoms with E-state index in [2.05, 4.69) is 4.99 Å². The predicted molar refractivity (Wildman–Crippen MR) is 70.5 cm³/mol. The van der Waals surface area contributed by atoms with Gasteiger partial charge in [-0.05, 0) is 61.4 Å². The lowest BCUT2D eigenvalue weighted by atomic mass is 9.98. The second-order valence-corrected chi connectivity index (χ2v) is 4.11. The van der Waals surface area contributed by atoms with E-state index in [0.29, 0.717) is 5.69 Å². The molecular weight excluding hydrogens is 212 g/mol. The number of rotatable bonds is 1. The topological polar surface area (TPSA) is 55.4 Å². The monoisotopic (exact) mass is 226 g/mol. The molecule has 86 valence electrons. The summed E-state index contributed by atoms with van der Waals surface area (Å²) in [5.74, 6) is 0.0845.